The van der Waals surface area contributed by atoms with Crippen LogP contribution in [0.25, 0.3) is 0 Å². The van der Waals surface area contributed by atoms with E-state index >= 15 is 0 Å². The number of hydrogen-bond donors (Lipinski definition) is 0. The number of hydrogen-bond acceptors (Lipinski definition) is 1. The quantitative estimate of drug-likeness (QED) is 0.347. The van der Waals surface area contributed by atoms with E-state index in [1.807, 2.05) is 0 Å². The van der Waals surface area contributed by atoms with Crippen molar-refractivity contribution in [3.63, 3.8) is 0 Å². The molecule has 0 radical (unpaired) electrons. The van der Waals surface area contributed by atoms with Gasteiger partial charge in [0.1, 0.15) is 5.75 Å². The van der Waals surface area contributed by atoms with Gasteiger partial charge in [-0.25, -0.2) is 0 Å². The molecule has 1 rings (SSSR count). The first-order valence-electron chi connectivity index (χ1n) is 7.41. The maximum atomic E-state index is 13.0. The van der Waals surface area contributed by atoms with Gasteiger partial charge < -0.3 is 4.74 Å². The predicted octanol–water partition coefficient (Wildman–Crippen LogP) is 6.25. The first-order chi connectivity index (χ1) is 10.4. The van der Waals surface area contributed by atoms with Gasteiger partial charge in [0.05, 0.1) is 15.6 Å². The van der Waals surface area contributed by atoms with E-state index in [1.54, 1.807) is 12.1 Å². The van der Waals surface area contributed by atoms with Crippen LogP contribution in [0.15, 0.2) is 24.3 Å². The molecule has 0 N–H and O–H groups in total. The molecule has 0 spiro atoms. The second-order valence-corrected chi connectivity index (χ2v) is 12.6. The second-order valence-electron chi connectivity index (χ2n) is 7.76. The van der Waals surface area contributed by atoms with Crippen LogP contribution in [-0.2, 0) is 0 Å². The summed E-state index contributed by atoms with van der Waals surface area (Å²) in [5.41, 5.74) is 0. The van der Waals surface area contributed by atoms with Crippen molar-refractivity contribution in [3.05, 3.63) is 30.9 Å². The van der Waals surface area contributed by atoms with Gasteiger partial charge in [-0.05, 0) is 65.8 Å². The summed E-state index contributed by atoms with van der Waals surface area (Å²) >= 11 is 0. The number of benzene rings is 1. The monoisotopic (exact) mass is 370 g/mol. The van der Waals surface area contributed by atoms with Gasteiger partial charge in [0.15, 0.2) is 0 Å². The van der Waals surface area contributed by atoms with E-state index in [-0.39, 0.29) is 10.3 Å². The summed E-state index contributed by atoms with van der Waals surface area (Å²) in [5, 5.41) is 0.526. The minimum Gasteiger partial charge on any atom is -0.426 e. The lowest BCUT2D eigenvalue weighted by atomic mass is 10.2. The standard InChI is InChI=1S/C17H24F5OP/c1-14(2,3)24(7,15(4,5)6)13-10-8-12(9-11-13)23-17(21,22)16(18,19)20/h8-11H,7H2,1-6H3. The Kier molecular flexibility index (Phi) is 5.39. The van der Waals surface area contributed by atoms with Crippen molar-refractivity contribution in [3.8, 4) is 5.75 Å². The van der Waals surface area contributed by atoms with Gasteiger partial charge in [-0.15, -0.1) is 0 Å². The number of halogens is 5. The van der Waals surface area contributed by atoms with Crippen molar-refractivity contribution < 1.29 is 26.7 Å². The average molecular weight is 370 g/mol. The van der Waals surface area contributed by atoms with E-state index < -0.39 is 25.3 Å². The molecule has 1 aromatic rings. The molecule has 0 atom stereocenters. The largest absolute Gasteiger partial charge is 0.499 e. The summed E-state index contributed by atoms with van der Waals surface area (Å²) < 4.78 is 66.5. The third-order valence-corrected chi connectivity index (χ3v) is 9.90. The Morgan fingerprint density at radius 2 is 1.17 bits per heavy atom. The molecule has 0 unspecified atom stereocenters. The van der Waals surface area contributed by atoms with E-state index in [9.17, 15) is 22.0 Å². The van der Waals surface area contributed by atoms with E-state index in [2.05, 4.69) is 52.9 Å². The average Bonchev–Trinajstić information content (AvgIpc) is 2.34. The van der Waals surface area contributed by atoms with Crippen molar-refractivity contribution in [2.75, 3.05) is 0 Å². The van der Waals surface area contributed by atoms with E-state index in [4.69, 9.17) is 0 Å². The highest BCUT2D eigenvalue weighted by molar-refractivity contribution is 7.86. The molecule has 0 heterocycles. The number of ether oxygens (including phenoxy) is 1. The molecule has 1 aromatic carbocycles. The second kappa shape index (κ2) is 6.12. The molecule has 0 bridgehead atoms. The predicted molar refractivity (Wildman–Crippen MR) is 89.5 cm³/mol. The maximum absolute atomic E-state index is 13.0. The minimum absolute atomic E-state index is 0.163. The topological polar surface area (TPSA) is 9.23 Å². The zero-order chi connectivity index (χ0) is 19.2. The molecule has 7 heteroatoms. The Morgan fingerprint density at radius 1 is 0.792 bits per heavy atom. The molecular weight excluding hydrogens is 346 g/mol. The Morgan fingerprint density at radius 3 is 1.46 bits per heavy atom. The Balaban J connectivity index is 3.23. The van der Waals surface area contributed by atoms with Gasteiger partial charge in [0.25, 0.3) is 0 Å². The molecule has 1 nitrogen and oxygen atoms in total. The number of alkyl halides is 5. The van der Waals surface area contributed by atoms with Crippen LogP contribution in [0.1, 0.15) is 41.5 Å². The van der Waals surface area contributed by atoms with Crippen molar-refractivity contribution in [1.82, 2.24) is 0 Å². The van der Waals surface area contributed by atoms with Crippen LogP contribution in [0.3, 0.4) is 0 Å². The molecule has 138 valence electrons. The van der Waals surface area contributed by atoms with Crippen LogP contribution in [-0.4, -0.2) is 22.6 Å². The molecule has 0 aromatic heterocycles. The highest BCUT2D eigenvalue weighted by Gasteiger charge is 2.61. The van der Waals surface area contributed by atoms with Gasteiger partial charge in [-0.2, -0.15) is 28.6 Å². The lowest BCUT2D eigenvalue weighted by Crippen LogP contribution is -2.42. The van der Waals surface area contributed by atoms with Crippen LogP contribution in [0.5, 0.6) is 5.75 Å². The highest BCUT2D eigenvalue weighted by atomic mass is 31.2. The van der Waals surface area contributed by atoms with Gasteiger partial charge in [0, 0.05) is 0 Å². The number of rotatable bonds is 3. The molecule has 0 aliphatic carbocycles. The first kappa shape index (κ1) is 21.1. The molecule has 0 saturated heterocycles. The molecule has 0 aliphatic heterocycles. The summed E-state index contributed by atoms with van der Waals surface area (Å²) in [6.07, 6.45) is -11.0. The van der Waals surface area contributed by atoms with Crippen LogP contribution in [0, 0.1) is 6.66 Å². The van der Waals surface area contributed by atoms with Crippen molar-refractivity contribution in [2.24, 2.45) is 0 Å². The summed E-state index contributed by atoms with van der Waals surface area (Å²) in [6, 6.07) is 5.37. The van der Waals surface area contributed by atoms with E-state index in [0.29, 0.717) is 0 Å². The zero-order valence-electron chi connectivity index (χ0n) is 14.8. The third-order valence-electron chi connectivity index (χ3n) is 4.14. The van der Waals surface area contributed by atoms with Crippen LogP contribution < -0.4 is 10.0 Å². The molecule has 0 fully saturated rings. The smallest absolute Gasteiger partial charge is 0.426 e. The Bertz CT molecular complexity index is 551. The van der Waals surface area contributed by atoms with Crippen molar-refractivity contribution in [2.45, 2.75) is 64.1 Å². The summed E-state index contributed by atoms with van der Waals surface area (Å²) in [6.45, 7) is 16.8. The maximum Gasteiger partial charge on any atom is 0.499 e. The third kappa shape index (κ3) is 3.84. The highest BCUT2D eigenvalue weighted by Crippen LogP contribution is 2.74. The fourth-order valence-corrected chi connectivity index (χ4v) is 6.98. The minimum atomic E-state index is -5.76. The fourth-order valence-electron chi connectivity index (χ4n) is 2.76. The van der Waals surface area contributed by atoms with E-state index in [1.165, 1.54) is 0 Å². The van der Waals surface area contributed by atoms with Crippen molar-refractivity contribution >= 4 is 12.6 Å². The van der Waals surface area contributed by atoms with Gasteiger partial charge in [-0.3, -0.25) is 0 Å². The van der Waals surface area contributed by atoms with Crippen LogP contribution in [0.2, 0.25) is 0 Å². The summed E-state index contributed by atoms with van der Waals surface area (Å²) in [7, 11) is -2.01. The van der Waals surface area contributed by atoms with E-state index in [0.717, 1.165) is 17.4 Å². The molecule has 24 heavy (non-hydrogen) atoms. The Hall–Kier alpha value is -0.900. The summed E-state index contributed by atoms with van der Waals surface area (Å²) in [4.78, 5) is 0. The Labute approximate surface area is 140 Å². The molecule has 0 aliphatic rings. The molecule has 0 saturated carbocycles. The normalized spacial score (nSPS) is 14.7. The van der Waals surface area contributed by atoms with Gasteiger partial charge in [0.2, 0.25) is 0 Å². The lowest BCUT2D eigenvalue weighted by Gasteiger charge is -2.50. The van der Waals surface area contributed by atoms with Gasteiger partial charge >= 0.3 is 12.3 Å². The van der Waals surface area contributed by atoms with Gasteiger partial charge in [-0.1, -0.05) is 7.26 Å². The molecular formula is C17H24F5OP. The summed E-state index contributed by atoms with van der Waals surface area (Å²) in [5.74, 6) is -0.532. The van der Waals surface area contributed by atoms with Crippen molar-refractivity contribution in [1.29, 1.82) is 0 Å². The lowest BCUT2D eigenvalue weighted by molar-refractivity contribution is -0.360. The zero-order valence-corrected chi connectivity index (χ0v) is 15.7. The first-order valence-corrected chi connectivity index (χ1v) is 9.39. The van der Waals surface area contributed by atoms with Crippen LogP contribution >= 0.6 is 7.26 Å². The molecule has 0 amide bonds. The SMILES string of the molecule is [CH2-][P+](c1ccc(OC(F)(F)C(F)(F)F)cc1)(C(C)(C)C)C(C)(C)C. The fraction of sp³-hybridized carbons (Fsp3) is 0.588. The van der Waals surface area contributed by atoms with Crippen LogP contribution in [0.4, 0.5) is 22.0 Å².